The van der Waals surface area contributed by atoms with E-state index in [2.05, 4.69) is 17.0 Å². The van der Waals surface area contributed by atoms with E-state index in [1.165, 1.54) is 0 Å². The van der Waals surface area contributed by atoms with Gasteiger partial charge in [-0.1, -0.05) is 18.2 Å². The summed E-state index contributed by atoms with van der Waals surface area (Å²) >= 11 is 0. The monoisotopic (exact) mass is 368 g/mol. The highest BCUT2D eigenvalue weighted by molar-refractivity contribution is 5.81. The molecule has 0 saturated carbocycles. The third-order valence-corrected chi connectivity index (χ3v) is 4.87. The van der Waals surface area contributed by atoms with Crippen LogP contribution in [0.2, 0.25) is 0 Å². The van der Waals surface area contributed by atoms with Crippen molar-refractivity contribution >= 4 is 11.6 Å². The van der Waals surface area contributed by atoms with Crippen LogP contribution in [0.4, 0.5) is 5.69 Å². The molecule has 0 N–H and O–H groups in total. The smallest absolute Gasteiger partial charge is 0.263 e. The van der Waals surface area contributed by atoms with Crippen molar-refractivity contribution in [1.29, 1.82) is 0 Å². The molecular formula is C22H28N2O3. The predicted molar refractivity (Wildman–Crippen MR) is 108 cm³/mol. The van der Waals surface area contributed by atoms with E-state index in [4.69, 9.17) is 9.47 Å². The molecule has 3 rings (SSSR count). The summed E-state index contributed by atoms with van der Waals surface area (Å²) in [7, 11) is 1.69. The maximum Gasteiger partial charge on any atom is 0.263 e. The normalized spacial score (nSPS) is 15.4. The Bertz CT molecular complexity index is 778. The first-order valence-corrected chi connectivity index (χ1v) is 9.39. The Kier molecular flexibility index (Phi) is 5.89. The van der Waals surface area contributed by atoms with E-state index in [1.54, 1.807) is 7.11 Å². The first kappa shape index (κ1) is 19.1. The number of carbonyl (C=O) groups excluding carboxylic acids is 1. The van der Waals surface area contributed by atoms with Crippen LogP contribution in [0.5, 0.6) is 11.5 Å². The Balaban J connectivity index is 1.59. The SMILES string of the molecule is COc1ccccc1N1CCN(C(=O)[C@H](C)Oc2cc(C)cc(C)c2)CC1. The fourth-order valence-electron chi connectivity index (χ4n) is 3.57. The second-order valence-electron chi connectivity index (χ2n) is 7.07. The topological polar surface area (TPSA) is 42.0 Å². The summed E-state index contributed by atoms with van der Waals surface area (Å²) in [6.45, 7) is 8.80. The zero-order valence-electron chi connectivity index (χ0n) is 16.6. The van der Waals surface area contributed by atoms with Crippen molar-refractivity contribution in [1.82, 2.24) is 4.90 Å². The highest BCUT2D eigenvalue weighted by atomic mass is 16.5. The first-order chi connectivity index (χ1) is 13.0. The molecule has 1 fully saturated rings. The molecule has 0 bridgehead atoms. The summed E-state index contributed by atoms with van der Waals surface area (Å²) in [5.41, 5.74) is 3.34. The number of hydrogen-bond donors (Lipinski definition) is 0. The van der Waals surface area contributed by atoms with E-state index in [-0.39, 0.29) is 5.91 Å². The maximum absolute atomic E-state index is 12.8. The largest absolute Gasteiger partial charge is 0.495 e. The van der Waals surface area contributed by atoms with Gasteiger partial charge in [0.25, 0.3) is 5.91 Å². The number of carbonyl (C=O) groups is 1. The minimum absolute atomic E-state index is 0.0360. The van der Waals surface area contributed by atoms with Gasteiger partial charge >= 0.3 is 0 Å². The van der Waals surface area contributed by atoms with Gasteiger partial charge in [-0.25, -0.2) is 0 Å². The van der Waals surface area contributed by atoms with Gasteiger partial charge in [-0.2, -0.15) is 0 Å². The summed E-state index contributed by atoms with van der Waals surface area (Å²) in [5.74, 6) is 1.65. The number of para-hydroxylation sites is 2. The number of piperazine rings is 1. The van der Waals surface area contributed by atoms with Gasteiger partial charge in [-0.15, -0.1) is 0 Å². The Morgan fingerprint density at radius 2 is 1.63 bits per heavy atom. The molecule has 1 saturated heterocycles. The third-order valence-electron chi connectivity index (χ3n) is 4.87. The molecule has 0 radical (unpaired) electrons. The van der Waals surface area contributed by atoms with Crippen molar-refractivity contribution in [3.05, 3.63) is 53.6 Å². The van der Waals surface area contributed by atoms with Gasteiger partial charge in [-0.05, 0) is 56.2 Å². The molecule has 1 aliphatic heterocycles. The van der Waals surface area contributed by atoms with Crippen molar-refractivity contribution in [3.8, 4) is 11.5 Å². The summed E-state index contributed by atoms with van der Waals surface area (Å²) in [5, 5.41) is 0. The molecule has 27 heavy (non-hydrogen) atoms. The standard InChI is InChI=1S/C22H28N2O3/c1-16-13-17(2)15-19(14-16)27-18(3)22(25)24-11-9-23(10-12-24)20-7-5-6-8-21(20)26-4/h5-8,13-15,18H,9-12H2,1-4H3/t18-/m0/s1. The van der Waals surface area contributed by atoms with Crippen molar-refractivity contribution in [2.75, 3.05) is 38.2 Å². The summed E-state index contributed by atoms with van der Waals surface area (Å²) in [4.78, 5) is 16.9. The third kappa shape index (κ3) is 4.54. The van der Waals surface area contributed by atoms with Crippen LogP contribution < -0.4 is 14.4 Å². The summed E-state index contributed by atoms with van der Waals surface area (Å²) in [6, 6.07) is 14.0. The lowest BCUT2D eigenvalue weighted by molar-refractivity contribution is -0.138. The van der Waals surface area contributed by atoms with Crippen LogP contribution in [0.25, 0.3) is 0 Å². The maximum atomic E-state index is 12.8. The molecule has 1 amide bonds. The van der Waals surface area contributed by atoms with Gasteiger partial charge < -0.3 is 19.3 Å². The fourth-order valence-corrected chi connectivity index (χ4v) is 3.57. The molecule has 2 aromatic carbocycles. The van der Waals surface area contributed by atoms with E-state index in [1.807, 2.05) is 56.0 Å². The number of amides is 1. The summed E-state index contributed by atoms with van der Waals surface area (Å²) < 4.78 is 11.4. The highest BCUT2D eigenvalue weighted by Gasteiger charge is 2.27. The Morgan fingerprint density at radius 3 is 2.26 bits per heavy atom. The molecule has 0 aromatic heterocycles. The number of rotatable bonds is 5. The minimum Gasteiger partial charge on any atom is -0.495 e. The molecule has 1 heterocycles. The number of benzene rings is 2. The molecular weight excluding hydrogens is 340 g/mol. The number of nitrogens with zero attached hydrogens (tertiary/aromatic N) is 2. The molecule has 1 atom stereocenters. The molecule has 0 spiro atoms. The molecule has 5 heteroatoms. The van der Waals surface area contributed by atoms with Crippen molar-refractivity contribution in [2.24, 2.45) is 0 Å². The number of hydrogen-bond acceptors (Lipinski definition) is 4. The van der Waals surface area contributed by atoms with Crippen molar-refractivity contribution < 1.29 is 14.3 Å². The number of ether oxygens (including phenoxy) is 2. The molecule has 144 valence electrons. The molecule has 2 aromatic rings. The Hall–Kier alpha value is -2.69. The first-order valence-electron chi connectivity index (χ1n) is 9.39. The number of anilines is 1. The van der Waals surface area contributed by atoms with Crippen molar-refractivity contribution in [2.45, 2.75) is 26.9 Å². The van der Waals surface area contributed by atoms with E-state index in [0.717, 1.165) is 41.4 Å². The van der Waals surface area contributed by atoms with Crippen LogP contribution in [0.15, 0.2) is 42.5 Å². The summed E-state index contributed by atoms with van der Waals surface area (Å²) in [6.07, 6.45) is -0.496. The minimum atomic E-state index is -0.496. The second-order valence-corrected chi connectivity index (χ2v) is 7.07. The Morgan fingerprint density at radius 1 is 1.00 bits per heavy atom. The average molecular weight is 368 g/mol. The van der Waals surface area contributed by atoms with E-state index in [9.17, 15) is 4.79 Å². The quantitative estimate of drug-likeness (QED) is 0.811. The molecule has 0 unspecified atom stereocenters. The molecule has 0 aliphatic carbocycles. The lowest BCUT2D eigenvalue weighted by atomic mass is 10.1. The highest BCUT2D eigenvalue weighted by Crippen LogP contribution is 2.28. The molecule has 5 nitrogen and oxygen atoms in total. The zero-order valence-corrected chi connectivity index (χ0v) is 16.6. The van der Waals surface area contributed by atoms with Gasteiger partial charge in [-0.3, -0.25) is 4.79 Å². The van der Waals surface area contributed by atoms with Crippen LogP contribution in [-0.4, -0.2) is 50.2 Å². The molecule has 1 aliphatic rings. The van der Waals surface area contributed by atoms with Gasteiger partial charge in [0.05, 0.1) is 12.8 Å². The van der Waals surface area contributed by atoms with Crippen LogP contribution in [-0.2, 0) is 4.79 Å². The number of methoxy groups -OCH3 is 1. The van der Waals surface area contributed by atoms with Gasteiger partial charge in [0.1, 0.15) is 11.5 Å². The van der Waals surface area contributed by atoms with E-state index in [0.29, 0.717) is 13.1 Å². The zero-order chi connectivity index (χ0) is 19.4. The lowest BCUT2D eigenvalue weighted by Gasteiger charge is -2.37. The van der Waals surface area contributed by atoms with Crippen molar-refractivity contribution in [3.63, 3.8) is 0 Å². The average Bonchev–Trinajstić information content (AvgIpc) is 2.66. The van der Waals surface area contributed by atoms with E-state index < -0.39 is 6.10 Å². The lowest BCUT2D eigenvalue weighted by Crippen LogP contribution is -2.52. The van der Waals surface area contributed by atoms with Crippen LogP contribution in [0, 0.1) is 13.8 Å². The van der Waals surface area contributed by atoms with Crippen LogP contribution >= 0.6 is 0 Å². The van der Waals surface area contributed by atoms with Gasteiger partial charge in [0.15, 0.2) is 6.10 Å². The van der Waals surface area contributed by atoms with Crippen LogP contribution in [0.3, 0.4) is 0 Å². The second kappa shape index (κ2) is 8.33. The van der Waals surface area contributed by atoms with Gasteiger partial charge in [0, 0.05) is 26.2 Å². The van der Waals surface area contributed by atoms with Gasteiger partial charge in [0.2, 0.25) is 0 Å². The van der Waals surface area contributed by atoms with Crippen LogP contribution in [0.1, 0.15) is 18.1 Å². The number of aryl methyl sites for hydroxylation is 2. The fraction of sp³-hybridized carbons (Fsp3) is 0.409. The predicted octanol–water partition coefficient (Wildman–Crippen LogP) is 3.43. The Labute approximate surface area is 161 Å². The van der Waals surface area contributed by atoms with E-state index >= 15 is 0 Å².